The monoisotopic (exact) mass is 268 g/mol. The first kappa shape index (κ1) is 14.8. The second-order valence-electron chi connectivity index (χ2n) is 5.70. The number of hydrogen-bond acceptors (Lipinski definition) is 4. The summed E-state index contributed by atoms with van der Waals surface area (Å²) in [6.07, 6.45) is 7.40. The number of rotatable bonds is 5. The van der Waals surface area contributed by atoms with Crippen molar-refractivity contribution < 1.29 is 9.53 Å². The fourth-order valence-electron chi connectivity index (χ4n) is 3.22. The lowest BCUT2D eigenvalue weighted by atomic mass is 10.0. The number of piperidine rings is 2. The third kappa shape index (κ3) is 4.46. The average molecular weight is 268 g/mol. The first-order chi connectivity index (χ1) is 9.31. The van der Waals surface area contributed by atoms with Crippen LogP contribution in [0.3, 0.4) is 0 Å². The maximum atomic E-state index is 12.0. The molecule has 4 heteroatoms. The van der Waals surface area contributed by atoms with Crippen LogP contribution in [-0.2, 0) is 9.53 Å². The molecule has 0 bridgehead atoms. The van der Waals surface area contributed by atoms with E-state index >= 15 is 0 Å². The standard InChI is InChI=1S/C15H28N2O2/c1-2-19-15(18)14-8-4-7-11-17(14)13-12-16-9-5-3-6-10-16/h14H,2-13H2,1H3/t14-/m0/s1. The molecule has 0 amide bonds. The fourth-order valence-corrected chi connectivity index (χ4v) is 3.22. The van der Waals surface area contributed by atoms with E-state index in [0.717, 1.165) is 32.5 Å². The number of carbonyl (C=O) groups is 1. The molecule has 2 saturated heterocycles. The number of esters is 1. The first-order valence-electron chi connectivity index (χ1n) is 7.94. The Kier molecular flexibility index (Phi) is 6.11. The Bertz CT molecular complexity index is 277. The largest absolute Gasteiger partial charge is 0.465 e. The van der Waals surface area contributed by atoms with Crippen LogP contribution >= 0.6 is 0 Å². The Labute approximate surface area is 117 Å². The van der Waals surface area contributed by atoms with Crippen molar-refractivity contribution in [2.45, 2.75) is 51.5 Å². The van der Waals surface area contributed by atoms with Gasteiger partial charge in [0.2, 0.25) is 0 Å². The highest BCUT2D eigenvalue weighted by Gasteiger charge is 2.29. The van der Waals surface area contributed by atoms with Crippen molar-refractivity contribution >= 4 is 5.97 Å². The summed E-state index contributed by atoms with van der Waals surface area (Å²) in [5, 5.41) is 0. The lowest BCUT2D eigenvalue weighted by Gasteiger charge is -2.36. The lowest BCUT2D eigenvalue weighted by Crippen LogP contribution is -2.48. The van der Waals surface area contributed by atoms with E-state index in [1.807, 2.05) is 6.92 Å². The molecular formula is C15H28N2O2. The molecule has 0 N–H and O–H groups in total. The Morgan fingerprint density at radius 2 is 1.79 bits per heavy atom. The van der Waals surface area contributed by atoms with Gasteiger partial charge in [0, 0.05) is 13.1 Å². The van der Waals surface area contributed by atoms with E-state index in [1.165, 1.54) is 38.8 Å². The zero-order valence-electron chi connectivity index (χ0n) is 12.3. The number of hydrogen-bond donors (Lipinski definition) is 0. The Hall–Kier alpha value is -0.610. The van der Waals surface area contributed by atoms with Gasteiger partial charge in [0.05, 0.1) is 6.61 Å². The molecule has 0 aromatic carbocycles. The zero-order chi connectivity index (χ0) is 13.5. The molecule has 0 radical (unpaired) electrons. The molecule has 2 aliphatic heterocycles. The van der Waals surface area contributed by atoms with E-state index in [-0.39, 0.29) is 12.0 Å². The van der Waals surface area contributed by atoms with Gasteiger partial charge < -0.3 is 9.64 Å². The van der Waals surface area contributed by atoms with Crippen LogP contribution in [-0.4, -0.2) is 61.1 Å². The SMILES string of the molecule is CCOC(=O)[C@@H]1CCCCN1CCN1CCCCC1. The summed E-state index contributed by atoms with van der Waals surface area (Å²) in [6, 6.07) is 0.0125. The topological polar surface area (TPSA) is 32.8 Å². The van der Waals surface area contributed by atoms with E-state index < -0.39 is 0 Å². The van der Waals surface area contributed by atoms with Gasteiger partial charge in [-0.3, -0.25) is 9.69 Å². The molecule has 0 aliphatic carbocycles. The Morgan fingerprint density at radius 1 is 1.05 bits per heavy atom. The predicted molar refractivity (Wildman–Crippen MR) is 76.1 cm³/mol. The molecule has 4 nitrogen and oxygen atoms in total. The van der Waals surface area contributed by atoms with Gasteiger partial charge in [-0.2, -0.15) is 0 Å². The fraction of sp³-hybridized carbons (Fsp3) is 0.933. The Morgan fingerprint density at radius 3 is 2.53 bits per heavy atom. The van der Waals surface area contributed by atoms with Crippen LogP contribution in [0.15, 0.2) is 0 Å². The highest BCUT2D eigenvalue weighted by Crippen LogP contribution is 2.18. The van der Waals surface area contributed by atoms with Crippen LogP contribution in [0, 0.1) is 0 Å². The van der Waals surface area contributed by atoms with Gasteiger partial charge in [-0.25, -0.2) is 0 Å². The molecule has 0 spiro atoms. The summed E-state index contributed by atoms with van der Waals surface area (Å²) in [6.45, 7) is 8.03. The quantitative estimate of drug-likeness (QED) is 0.713. The minimum Gasteiger partial charge on any atom is -0.465 e. The van der Waals surface area contributed by atoms with E-state index in [9.17, 15) is 4.79 Å². The number of carbonyl (C=O) groups excluding carboxylic acids is 1. The van der Waals surface area contributed by atoms with Gasteiger partial charge in [-0.1, -0.05) is 12.8 Å². The van der Waals surface area contributed by atoms with Crippen LogP contribution in [0.1, 0.15) is 45.4 Å². The third-order valence-electron chi connectivity index (χ3n) is 4.32. The summed E-state index contributed by atoms with van der Waals surface area (Å²) in [5.41, 5.74) is 0. The van der Waals surface area contributed by atoms with Crippen LogP contribution in [0.2, 0.25) is 0 Å². The van der Waals surface area contributed by atoms with Crippen LogP contribution in [0.25, 0.3) is 0 Å². The van der Waals surface area contributed by atoms with Crippen LogP contribution in [0.4, 0.5) is 0 Å². The van der Waals surface area contributed by atoms with Crippen LogP contribution in [0.5, 0.6) is 0 Å². The minimum absolute atomic E-state index is 0.0125. The molecule has 2 fully saturated rings. The molecule has 2 aliphatic rings. The third-order valence-corrected chi connectivity index (χ3v) is 4.32. The van der Waals surface area contributed by atoms with Crippen molar-refractivity contribution in [3.63, 3.8) is 0 Å². The molecule has 19 heavy (non-hydrogen) atoms. The molecule has 2 rings (SSSR count). The summed E-state index contributed by atoms with van der Waals surface area (Å²) >= 11 is 0. The van der Waals surface area contributed by atoms with Crippen molar-refractivity contribution in [3.05, 3.63) is 0 Å². The van der Waals surface area contributed by atoms with Gasteiger partial charge in [0.1, 0.15) is 6.04 Å². The second-order valence-corrected chi connectivity index (χ2v) is 5.70. The summed E-state index contributed by atoms with van der Waals surface area (Å²) in [5.74, 6) is -0.0131. The first-order valence-corrected chi connectivity index (χ1v) is 7.94. The van der Waals surface area contributed by atoms with Gasteiger partial charge in [-0.05, 0) is 52.2 Å². The molecule has 0 aromatic heterocycles. The minimum atomic E-state index is -0.0131. The smallest absolute Gasteiger partial charge is 0.323 e. The normalized spacial score (nSPS) is 26.3. The van der Waals surface area contributed by atoms with Crippen LogP contribution < -0.4 is 0 Å². The molecule has 1 atom stereocenters. The average Bonchev–Trinajstić information content (AvgIpc) is 2.47. The number of likely N-dealkylation sites (tertiary alicyclic amines) is 2. The van der Waals surface area contributed by atoms with Crippen molar-refractivity contribution in [1.82, 2.24) is 9.80 Å². The highest BCUT2D eigenvalue weighted by molar-refractivity contribution is 5.75. The lowest BCUT2D eigenvalue weighted by molar-refractivity contribution is -0.151. The van der Waals surface area contributed by atoms with Crippen molar-refractivity contribution in [2.75, 3.05) is 39.3 Å². The maximum absolute atomic E-state index is 12.0. The summed E-state index contributed by atoms with van der Waals surface area (Å²) in [7, 11) is 0. The van der Waals surface area contributed by atoms with E-state index in [1.54, 1.807) is 0 Å². The van der Waals surface area contributed by atoms with E-state index in [4.69, 9.17) is 4.74 Å². The number of ether oxygens (including phenoxy) is 1. The van der Waals surface area contributed by atoms with Gasteiger partial charge in [0.15, 0.2) is 0 Å². The van der Waals surface area contributed by atoms with Crippen molar-refractivity contribution in [1.29, 1.82) is 0 Å². The van der Waals surface area contributed by atoms with E-state index in [2.05, 4.69) is 9.80 Å². The molecule has 110 valence electrons. The van der Waals surface area contributed by atoms with Crippen molar-refractivity contribution in [3.8, 4) is 0 Å². The molecule has 0 aromatic rings. The number of nitrogens with zero attached hydrogens (tertiary/aromatic N) is 2. The van der Waals surface area contributed by atoms with Gasteiger partial charge >= 0.3 is 5.97 Å². The molecule has 0 unspecified atom stereocenters. The molecule has 2 heterocycles. The second kappa shape index (κ2) is 7.85. The van der Waals surface area contributed by atoms with E-state index in [0.29, 0.717) is 6.61 Å². The predicted octanol–water partition coefficient (Wildman–Crippen LogP) is 1.89. The molecular weight excluding hydrogens is 240 g/mol. The van der Waals surface area contributed by atoms with Crippen molar-refractivity contribution in [2.24, 2.45) is 0 Å². The summed E-state index contributed by atoms with van der Waals surface area (Å²) in [4.78, 5) is 16.9. The zero-order valence-corrected chi connectivity index (χ0v) is 12.3. The summed E-state index contributed by atoms with van der Waals surface area (Å²) < 4.78 is 5.21. The maximum Gasteiger partial charge on any atom is 0.323 e. The highest BCUT2D eigenvalue weighted by atomic mass is 16.5. The van der Waals surface area contributed by atoms with Gasteiger partial charge in [0.25, 0.3) is 0 Å². The van der Waals surface area contributed by atoms with Gasteiger partial charge in [-0.15, -0.1) is 0 Å². The Balaban J connectivity index is 1.79. The molecule has 0 saturated carbocycles.